The number of hydrogen-bond acceptors (Lipinski definition) is 3. The Labute approximate surface area is 129 Å². The largest absolute Gasteiger partial charge is 0.477 e. The number of aromatic nitrogens is 1. The summed E-state index contributed by atoms with van der Waals surface area (Å²) in [6.45, 7) is 6.07. The molecule has 0 unspecified atom stereocenters. The van der Waals surface area contributed by atoms with E-state index in [1.807, 2.05) is 32.9 Å². The molecule has 0 aliphatic heterocycles. The molecule has 0 aliphatic carbocycles. The van der Waals surface area contributed by atoms with Crippen molar-refractivity contribution in [3.05, 3.63) is 40.4 Å². The molecule has 1 aromatic carbocycles. The van der Waals surface area contributed by atoms with Crippen LogP contribution < -0.4 is 0 Å². The Kier molecular flexibility index (Phi) is 4.04. The molecule has 0 bridgehead atoms. The van der Waals surface area contributed by atoms with E-state index >= 15 is 0 Å². The van der Waals surface area contributed by atoms with Crippen molar-refractivity contribution in [2.45, 2.75) is 32.4 Å². The molecule has 0 aliphatic rings. The first-order valence-electron chi connectivity index (χ1n) is 6.42. The smallest absolute Gasteiger partial charge is 0.435 e. The number of benzene rings is 1. The van der Waals surface area contributed by atoms with Crippen LogP contribution in [0, 0.1) is 0 Å². The van der Waals surface area contributed by atoms with E-state index in [0.29, 0.717) is 16.9 Å². The van der Waals surface area contributed by atoms with E-state index in [1.54, 1.807) is 12.1 Å². The predicted molar refractivity (Wildman–Crippen MR) is 78.2 cm³/mol. The number of carboxylic acids is 1. The number of carbonyl (C=O) groups is 1. The van der Waals surface area contributed by atoms with E-state index < -0.39 is 22.7 Å². The molecule has 0 radical (unpaired) electrons. The van der Waals surface area contributed by atoms with E-state index in [9.17, 15) is 18.0 Å². The molecule has 3 nitrogen and oxygen atoms in total. The first kappa shape index (κ1) is 16.5. The first-order valence-corrected chi connectivity index (χ1v) is 7.24. The van der Waals surface area contributed by atoms with Crippen LogP contribution in [0.1, 0.15) is 41.7 Å². The van der Waals surface area contributed by atoms with Gasteiger partial charge in [-0.3, -0.25) is 0 Å². The second kappa shape index (κ2) is 5.39. The van der Waals surface area contributed by atoms with Crippen LogP contribution >= 0.6 is 11.3 Å². The summed E-state index contributed by atoms with van der Waals surface area (Å²) in [5.41, 5.74) is 0.0725. The van der Waals surface area contributed by atoms with Crippen molar-refractivity contribution >= 4 is 17.3 Å². The third-order valence-electron chi connectivity index (χ3n) is 3.09. The SMILES string of the molecule is CC(C)(C)c1ccc(-c2nc(C(F)(F)F)c(C(=O)O)s2)cc1. The van der Waals surface area contributed by atoms with E-state index in [1.165, 1.54) is 0 Å². The molecule has 0 saturated heterocycles. The molecular weight excluding hydrogens is 315 g/mol. The molecule has 1 N–H and O–H groups in total. The fourth-order valence-corrected chi connectivity index (χ4v) is 2.82. The summed E-state index contributed by atoms with van der Waals surface area (Å²) < 4.78 is 38.5. The minimum Gasteiger partial charge on any atom is -0.477 e. The molecule has 0 fully saturated rings. The van der Waals surface area contributed by atoms with Gasteiger partial charge in [-0.15, -0.1) is 11.3 Å². The Balaban J connectivity index is 2.48. The van der Waals surface area contributed by atoms with Gasteiger partial charge in [0.05, 0.1) is 0 Å². The highest BCUT2D eigenvalue weighted by atomic mass is 32.1. The molecule has 2 aromatic rings. The van der Waals surface area contributed by atoms with Gasteiger partial charge in [0.15, 0.2) is 5.69 Å². The Bertz CT molecular complexity index is 697. The highest BCUT2D eigenvalue weighted by Crippen LogP contribution is 2.38. The zero-order chi connectivity index (χ0) is 16.7. The van der Waals surface area contributed by atoms with Gasteiger partial charge in [0.1, 0.15) is 9.88 Å². The maximum absolute atomic E-state index is 12.8. The molecule has 2 rings (SSSR count). The second-order valence-corrected chi connectivity index (χ2v) is 6.83. The van der Waals surface area contributed by atoms with E-state index in [0.717, 1.165) is 5.56 Å². The Morgan fingerprint density at radius 3 is 2.05 bits per heavy atom. The number of alkyl halides is 3. The van der Waals surface area contributed by atoms with Crippen molar-refractivity contribution in [3.8, 4) is 10.6 Å². The third-order valence-corrected chi connectivity index (χ3v) is 4.18. The Morgan fingerprint density at radius 1 is 1.14 bits per heavy atom. The summed E-state index contributed by atoms with van der Waals surface area (Å²) in [5, 5.41) is 8.96. The van der Waals surface area contributed by atoms with Gasteiger partial charge in [-0.25, -0.2) is 9.78 Å². The molecule has 1 heterocycles. The molecule has 0 amide bonds. The molecule has 7 heteroatoms. The van der Waals surface area contributed by atoms with Gasteiger partial charge in [0, 0.05) is 5.56 Å². The van der Waals surface area contributed by atoms with Crippen LogP contribution in [-0.4, -0.2) is 16.1 Å². The summed E-state index contributed by atoms with van der Waals surface area (Å²) in [6.07, 6.45) is -4.78. The lowest BCUT2D eigenvalue weighted by Gasteiger charge is -2.18. The number of rotatable bonds is 2. The van der Waals surface area contributed by atoms with Crippen LogP contribution in [0.4, 0.5) is 13.2 Å². The lowest BCUT2D eigenvalue weighted by molar-refractivity contribution is -0.141. The van der Waals surface area contributed by atoms with Gasteiger partial charge in [0.2, 0.25) is 0 Å². The average Bonchev–Trinajstić information content (AvgIpc) is 2.83. The summed E-state index contributed by atoms with van der Waals surface area (Å²) >= 11 is 0.530. The fraction of sp³-hybridized carbons (Fsp3) is 0.333. The van der Waals surface area contributed by atoms with Gasteiger partial charge in [-0.05, 0) is 11.0 Å². The van der Waals surface area contributed by atoms with Crippen LogP contribution in [0.25, 0.3) is 10.6 Å². The minimum absolute atomic E-state index is 0.0465. The predicted octanol–water partition coefficient (Wildman–Crippen LogP) is 4.82. The van der Waals surface area contributed by atoms with Crippen LogP contribution in [0.3, 0.4) is 0 Å². The number of nitrogens with zero attached hydrogens (tertiary/aromatic N) is 1. The van der Waals surface area contributed by atoms with Crippen LogP contribution in [0.15, 0.2) is 24.3 Å². The summed E-state index contributed by atoms with van der Waals surface area (Å²) in [7, 11) is 0. The summed E-state index contributed by atoms with van der Waals surface area (Å²) in [6, 6.07) is 6.94. The molecule has 118 valence electrons. The summed E-state index contributed by atoms with van der Waals surface area (Å²) in [5.74, 6) is -1.62. The zero-order valence-electron chi connectivity index (χ0n) is 12.2. The minimum atomic E-state index is -4.78. The van der Waals surface area contributed by atoms with Gasteiger partial charge in [-0.2, -0.15) is 13.2 Å². The number of hydrogen-bond donors (Lipinski definition) is 1. The van der Waals surface area contributed by atoms with Crippen LogP contribution in [-0.2, 0) is 11.6 Å². The fourth-order valence-electron chi connectivity index (χ4n) is 1.89. The molecule has 22 heavy (non-hydrogen) atoms. The monoisotopic (exact) mass is 329 g/mol. The van der Waals surface area contributed by atoms with E-state index in [-0.39, 0.29) is 10.4 Å². The molecule has 0 atom stereocenters. The maximum Gasteiger partial charge on any atom is 0.435 e. The Hall–Kier alpha value is -1.89. The van der Waals surface area contributed by atoms with E-state index in [4.69, 9.17) is 5.11 Å². The highest BCUT2D eigenvalue weighted by Gasteiger charge is 2.39. The van der Waals surface area contributed by atoms with Crippen molar-refractivity contribution < 1.29 is 23.1 Å². The first-order chi connectivity index (χ1) is 10.00. The molecule has 0 saturated carbocycles. The lowest BCUT2D eigenvalue weighted by atomic mass is 9.87. The van der Waals surface area contributed by atoms with Gasteiger partial charge in [-0.1, -0.05) is 45.0 Å². The number of halogens is 3. The third kappa shape index (κ3) is 3.30. The average molecular weight is 329 g/mol. The van der Waals surface area contributed by atoms with Crippen molar-refractivity contribution in [1.82, 2.24) is 4.98 Å². The standard InChI is InChI=1S/C15H14F3NO2S/c1-14(2,3)9-6-4-8(5-7-9)12-19-11(15(16,17)18)10(22-12)13(20)21/h4-7H,1-3H3,(H,20,21). The van der Waals surface area contributed by atoms with Crippen molar-refractivity contribution in [2.75, 3.05) is 0 Å². The van der Waals surface area contributed by atoms with Gasteiger partial charge >= 0.3 is 12.1 Å². The van der Waals surface area contributed by atoms with Crippen molar-refractivity contribution in [2.24, 2.45) is 0 Å². The molecule has 0 spiro atoms. The summed E-state index contributed by atoms with van der Waals surface area (Å²) in [4.78, 5) is 13.7. The maximum atomic E-state index is 12.8. The van der Waals surface area contributed by atoms with Gasteiger partial charge < -0.3 is 5.11 Å². The quantitative estimate of drug-likeness (QED) is 0.859. The number of carboxylic acid groups (broad SMARTS) is 1. The zero-order valence-corrected chi connectivity index (χ0v) is 13.0. The normalized spacial score (nSPS) is 12.5. The number of aromatic carboxylic acids is 1. The highest BCUT2D eigenvalue weighted by molar-refractivity contribution is 7.17. The lowest BCUT2D eigenvalue weighted by Crippen LogP contribution is -2.11. The van der Waals surface area contributed by atoms with E-state index in [2.05, 4.69) is 4.98 Å². The van der Waals surface area contributed by atoms with Crippen LogP contribution in [0.2, 0.25) is 0 Å². The van der Waals surface area contributed by atoms with Crippen molar-refractivity contribution in [3.63, 3.8) is 0 Å². The number of thiazole rings is 1. The van der Waals surface area contributed by atoms with Crippen LogP contribution in [0.5, 0.6) is 0 Å². The Morgan fingerprint density at radius 2 is 1.68 bits per heavy atom. The molecular formula is C15H14F3NO2S. The second-order valence-electron chi connectivity index (χ2n) is 5.83. The molecule has 1 aromatic heterocycles. The topological polar surface area (TPSA) is 50.2 Å². The van der Waals surface area contributed by atoms with Crippen molar-refractivity contribution in [1.29, 1.82) is 0 Å². The van der Waals surface area contributed by atoms with Gasteiger partial charge in [0.25, 0.3) is 0 Å².